The molecule has 0 amide bonds. The number of aromatic nitrogens is 2. The molecule has 0 unspecified atom stereocenters. The van der Waals surface area contributed by atoms with Crippen molar-refractivity contribution in [2.24, 2.45) is 5.73 Å². The highest BCUT2D eigenvalue weighted by atomic mass is 32.2. The van der Waals surface area contributed by atoms with E-state index in [1.165, 1.54) is 6.20 Å². The van der Waals surface area contributed by atoms with Gasteiger partial charge in [-0.1, -0.05) is 0 Å². The number of nitrogens with one attached hydrogen (secondary N) is 1. The van der Waals surface area contributed by atoms with Gasteiger partial charge in [-0.25, -0.2) is 13.1 Å². The molecule has 3 N–H and O–H groups in total. The summed E-state index contributed by atoms with van der Waals surface area (Å²) >= 11 is 1.15. The van der Waals surface area contributed by atoms with Gasteiger partial charge in [-0.2, -0.15) is 10.2 Å². The van der Waals surface area contributed by atoms with Gasteiger partial charge in [-0.3, -0.25) is 0 Å². The van der Waals surface area contributed by atoms with Crippen LogP contribution in [0.4, 0.5) is 0 Å². The number of rotatable bonds is 5. The first-order valence-corrected chi connectivity index (χ1v) is 7.52. The quantitative estimate of drug-likeness (QED) is 0.832. The molecule has 2 rings (SSSR count). The maximum atomic E-state index is 11.9. The molecule has 8 heteroatoms. The summed E-state index contributed by atoms with van der Waals surface area (Å²) in [5, 5.41) is 9.21. The Hall–Kier alpha value is -1.35. The number of hydrogen-bond acceptors (Lipinski definition) is 6. The standard InChI is InChI=1S/C10H12N4O2S2/c11-5-8-4-10(17-7-8)18(15,16)13-6-9-2-1-3-12-14-9/h1-4,7,13H,5-6,11H2. The molecule has 0 atom stereocenters. The van der Waals surface area contributed by atoms with Gasteiger partial charge < -0.3 is 5.73 Å². The fraction of sp³-hybridized carbons (Fsp3) is 0.200. The van der Waals surface area contributed by atoms with Crippen molar-refractivity contribution in [2.45, 2.75) is 17.3 Å². The topological polar surface area (TPSA) is 98.0 Å². The van der Waals surface area contributed by atoms with E-state index in [2.05, 4.69) is 14.9 Å². The molecule has 2 heterocycles. The summed E-state index contributed by atoms with van der Waals surface area (Å²) in [7, 11) is -3.50. The van der Waals surface area contributed by atoms with E-state index >= 15 is 0 Å². The fourth-order valence-electron chi connectivity index (χ4n) is 1.27. The molecule has 0 aromatic carbocycles. The Labute approximate surface area is 109 Å². The van der Waals surface area contributed by atoms with Crippen LogP contribution in [0.3, 0.4) is 0 Å². The van der Waals surface area contributed by atoms with Gasteiger partial charge in [0, 0.05) is 12.7 Å². The smallest absolute Gasteiger partial charge is 0.250 e. The highest BCUT2D eigenvalue weighted by Gasteiger charge is 2.16. The molecular weight excluding hydrogens is 272 g/mol. The van der Waals surface area contributed by atoms with Crippen molar-refractivity contribution in [3.63, 3.8) is 0 Å². The summed E-state index contributed by atoms with van der Waals surface area (Å²) in [4.78, 5) is 0. The first-order valence-electron chi connectivity index (χ1n) is 5.15. The zero-order chi connectivity index (χ0) is 13.0. The molecule has 0 aliphatic carbocycles. The molecule has 0 saturated heterocycles. The minimum absolute atomic E-state index is 0.117. The summed E-state index contributed by atoms with van der Waals surface area (Å²) in [5.41, 5.74) is 6.82. The Morgan fingerprint density at radius 2 is 2.28 bits per heavy atom. The molecule has 96 valence electrons. The molecule has 0 aliphatic rings. The van der Waals surface area contributed by atoms with E-state index in [1.807, 2.05) is 0 Å². The normalized spacial score (nSPS) is 11.6. The number of hydrogen-bond donors (Lipinski definition) is 2. The van der Waals surface area contributed by atoms with Crippen LogP contribution in [0.1, 0.15) is 11.3 Å². The molecule has 2 aromatic heterocycles. The van der Waals surface area contributed by atoms with Crippen LogP contribution in [-0.2, 0) is 23.1 Å². The van der Waals surface area contributed by atoms with Crippen LogP contribution in [0.2, 0.25) is 0 Å². The van der Waals surface area contributed by atoms with Crippen molar-refractivity contribution >= 4 is 21.4 Å². The first-order chi connectivity index (χ1) is 8.62. The summed E-state index contributed by atoms with van der Waals surface area (Å²) in [6, 6.07) is 4.98. The molecule has 2 aromatic rings. The second-order valence-corrected chi connectivity index (χ2v) is 6.42. The minimum Gasteiger partial charge on any atom is -0.326 e. The third-order valence-electron chi connectivity index (χ3n) is 2.20. The molecule has 0 aliphatic heterocycles. The highest BCUT2D eigenvalue weighted by Crippen LogP contribution is 2.19. The Morgan fingerprint density at radius 3 is 2.89 bits per heavy atom. The van der Waals surface area contributed by atoms with Crippen LogP contribution in [0.5, 0.6) is 0 Å². The van der Waals surface area contributed by atoms with Crippen molar-refractivity contribution in [3.8, 4) is 0 Å². The number of nitrogens with two attached hydrogens (primary N) is 1. The predicted octanol–water partition coefficient (Wildman–Crippen LogP) is 0.475. The van der Waals surface area contributed by atoms with Gasteiger partial charge in [0.1, 0.15) is 4.21 Å². The first kappa shape index (κ1) is 13.1. The highest BCUT2D eigenvalue weighted by molar-refractivity contribution is 7.91. The molecular formula is C10H12N4O2S2. The molecule has 0 radical (unpaired) electrons. The maximum absolute atomic E-state index is 11.9. The summed E-state index contributed by atoms with van der Waals surface area (Å²) < 4.78 is 26.6. The minimum atomic E-state index is -3.50. The van der Waals surface area contributed by atoms with E-state index in [-0.39, 0.29) is 10.8 Å². The molecule has 0 fully saturated rings. The van der Waals surface area contributed by atoms with Crippen LogP contribution in [0, 0.1) is 0 Å². The third kappa shape index (κ3) is 3.10. The van der Waals surface area contributed by atoms with E-state index < -0.39 is 10.0 Å². The van der Waals surface area contributed by atoms with Crippen LogP contribution in [0.25, 0.3) is 0 Å². The third-order valence-corrected chi connectivity index (χ3v) is 5.09. The van der Waals surface area contributed by atoms with Gasteiger partial charge in [0.2, 0.25) is 10.0 Å². The van der Waals surface area contributed by atoms with Crippen LogP contribution in [-0.4, -0.2) is 18.6 Å². The number of sulfonamides is 1. The maximum Gasteiger partial charge on any atom is 0.250 e. The molecule has 0 spiro atoms. The van der Waals surface area contributed by atoms with Gasteiger partial charge in [-0.15, -0.1) is 11.3 Å². The van der Waals surface area contributed by atoms with Gasteiger partial charge in [0.15, 0.2) is 0 Å². The lowest BCUT2D eigenvalue weighted by Crippen LogP contribution is -2.23. The second kappa shape index (κ2) is 5.53. The van der Waals surface area contributed by atoms with Gasteiger partial charge in [-0.05, 0) is 29.1 Å². The second-order valence-electron chi connectivity index (χ2n) is 3.52. The Balaban J connectivity index is 2.08. The van der Waals surface area contributed by atoms with E-state index in [9.17, 15) is 8.42 Å². The van der Waals surface area contributed by atoms with Crippen LogP contribution >= 0.6 is 11.3 Å². The van der Waals surface area contributed by atoms with E-state index in [4.69, 9.17) is 5.73 Å². The average molecular weight is 284 g/mol. The largest absolute Gasteiger partial charge is 0.326 e. The Kier molecular flexibility index (Phi) is 4.02. The van der Waals surface area contributed by atoms with Gasteiger partial charge >= 0.3 is 0 Å². The number of nitrogens with zero attached hydrogens (tertiary/aromatic N) is 2. The van der Waals surface area contributed by atoms with E-state index in [0.29, 0.717) is 12.2 Å². The molecule has 0 saturated carbocycles. The lowest BCUT2D eigenvalue weighted by molar-refractivity contribution is 0.582. The lowest BCUT2D eigenvalue weighted by Gasteiger charge is -2.03. The van der Waals surface area contributed by atoms with Crippen molar-refractivity contribution in [2.75, 3.05) is 0 Å². The zero-order valence-corrected chi connectivity index (χ0v) is 11.0. The Bertz CT molecular complexity index is 610. The van der Waals surface area contributed by atoms with E-state index in [0.717, 1.165) is 16.9 Å². The predicted molar refractivity (Wildman–Crippen MR) is 68.3 cm³/mol. The van der Waals surface area contributed by atoms with Crippen LogP contribution in [0.15, 0.2) is 34.0 Å². The summed E-state index contributed by atoms with van der Waals surface area (Å²) in [5.74, 6) is 0. The van der Waals surface area contributed by atoms with E-state index in [1.54, 1.807) is 23.6 Å². The summed E-state index contributed by atoms with van der Waals surface area (Å²) in [6.07, 6.45) is 1.53. The SMILES string of the molecule is NCc1csc(S(=O)(=O)NCc2cccnn2)c1. The average Bonchev–Trinajstić information content (AvgIpc) is 2.87. The van der Waals surface area contributed by atoms with Gasteiger partial charge in [0.25, 0.3) is 0 Å². The van der Waals surface area contributed by atoms with Crippen LogP contribution < -0.4 is 10.5 Å². The molecule has 6 nitrogen and oxygen atoms in total. The van der Waals surface area contributed by atoms with Crippen molar-refractivity contribution in [1.82, 2.24) is 14.9 Å². The van der Waals surface area contributed by atoms with Crippen molar-refractivity contribution < 1.29 is 8.42 Å². The van der Waals surface area contributed by atoms with Crippen molar-refractivity contribution in [1.29, 1.82) is 0 Å². The monoisotopic (exact) mass is 284 g/mol. The number of thiophene rings is 1. The lowest BCUT2D eigenvalue weighted by atomic mass is 10.4. The molecule has 18 heavy (non-hydrogen) atoms. The fourth-order valence-corrected chi connectivity index (χ4v) is 3.53. The van der Waals surface area contributed by atoms with Crippen molar-refractivity contribution in [3.05, 3.63) is 41.0 Å². The Morgan fingerprint density at radius 1 is 1.44 bits per heavy atom. The van der Waals surface area contributed by atoms with Gasteiger partial charge in [0.05, 0.1) is 12.2 Å². The molecule has 0 bridgehead atoms. The summed E-state index contributed by atoms with van der Waals surface area (Å²) in [6.45, 7) is 0.447. The zero-order valence-electron chi connectivity index (χ0n) is 9.41.